The number of hydrogen-bond donors (Lipinski definition) is 0. The Morgan fingerprint density at radius 2 is 2.14 bits per heavy atom. The number of hydrogen-bond acceptors (Lipinski definition) is 2. The third-order valence-corrected chi connectivity index (χ3v) is 2.58. The lowest BCUT2D eigenvalue weighted by molar-refractivity contribution is -0.135. The van der Waals surface area contributed by atoms with Crippen LogP contribution in [0.4, 0.5) is 0 Å². The topological polar surface area (TPSA) is 26.3 Å². The SMILES string of the molecule is CCc1cc(C)cc2c1OC(=O)CC2. The number of aryl methyl sites for hydroxylation is 3. The molecule has 1 heterocycles. The van der Waals surface area contributed by atoms with Crippen molar-refractivity contribution in [3.05, 3.63) is 28.8 Å². The molecule has 1 aliphatic rings. The molecular weight excluding hydrogens is 176 g/mol. The van der Waals surface area contributed by atoms with Gasteiger partial charge in [-0.3, -0.25) is 4.79 Å². The molecule has 0 saturated carbocycles. The average Bonchev–Trinajstić information content (AvgIpc) is 2.17. The molecule has 0 bridgehead atoms. The quantitative estimate of drug-likeness (QED) is 0.502. The molecule has 0 fully saturated rings. The Kier molecular flexibility index (Phi) is 2.28. The van der Waals surface area contributed by atoms with E-state index in [9.17, 15) is 4.79 Å². The van der Waals surface area contributed by atoms with Crippen LogP contribution in [0.15, 0.2) is 12.1 Å². The van der Waals surface area contributed by atoms with E-state index in [0.29, 0.717) is 6.42 Å². The van der Waals surface area contributed by atoms with Crippen LogP contribution in [0, 0.1) is 6.92 Å². The van der Waals surface area contributed by atoms with Crippen molar-refractivity contribution in [3.8, 4) is 5.75 Å². The molecule has 0 unspecified atom stereocenters. The minimum Gasteiger partial charge on any atom is -0.426 e. The Labute approximate surface area is 83.9 Å². The van der Waals surface area contributed by atoms with E-state index in [1.54, 1.807) is 0 Å². The summed E-state index contributed by atoms with van der Waals surface area (Å²) in [5.74, 6) is 0.713. The summed E-state index contributed by atoms with van der Waals surface area (Å²) in [7, 11) is 0. The van der Waals surface area contributed by atoms with E-state index in [4.69, 9.17) is 4.74 Å². The lowest BCUT2D eigenvalue weighted by Crippen LogP contribution is -2.17. The number of rotatable bonds is 1. The summed E-state index contributed by atoms with van der Waals surface area (Å²) in [4.78, 5) is 11.2. The van der Waals surface area contributed by atoms with Gasteiger partial charge in [-0.25, -0.2) is 0 Å². The van der Waals surface area contributed by atoms with Gasteiger partial charge in [0, 0.05) is 0 Å². The molecule has 0 radical (unpaired) electrons. The molecule has 0 aromatic heterocycles. The maximum absolute atomic E-state index is 11.2. The van der Waals surface area contributed by atoms with Gasteiger partial charge in [-0.1, -0.05) is 24.6 Å². The minimum absolute atomic E-state index is 0.101. The molecule has 2 nitrogen and oxygen atoms in total. The zero-order valence-corrected chi connectivity index (χ0v) is 8.59. The molecule has 0 amide bonds. The van der Waals surface area contributed by atoms with Gasteiger partial charge >= 0.3 is 5.97 Å². The Balaban J connectivity index is 2.52. The van der Waals surface area contributed by atoms with Crippen LogP contribution in [0.3, 0.4) is 0 Å². The lowest BCUT2D eigenvalue weighted by atomic mass is 9.98. The van der Waals surface area contributed by atoms with Crippen LogP contribution in [-0.4, -0.2) is 5.97 Å². The minimum atomic E-state index is -0.101. The van der Waals surface area contributed by atoms with Crippen molar-refractivity contribution < 1.29 is 9.53 Å². The lowest BCUT2D eigenvalue weighted by Gasteiger charge is -2.19. The molecule has 74 valence electrons. The molecule has 2 rings (SSSR count). The van der Waals surface area contributed by atoms with E-state index in [0.717, 1.165) is 24.2 Å². The monoisotopic (exact) mass is 190 g/mol. The fraction of sp³-hybridized carbons (Fsp3) is 0.417. The Bertz CT molecular complexity index is 363. The summed E-state index contributed by atoms with van der Waals surface area (Å²) in [6, 6.07) is 4.21. The highest BCUT2D eigenvalue weighted by atomic mass is 16.5. The first-order valence-electron chi connectivity index (χ1n) is 5.03. The van der Waals surface area contributed by atoms with Crippen molar-refractivity contribution in [1.29, 1.82) is 0 Å². The summed E-state index contributed by atoms with van der Waals surface area (Å²) >= 11 is 0. The average molecular weight is 190 g/mol. The number of carbonyl (C=O) groups is 1. The van der Waals surface area contributed by atoms with E-state index in [2.05, 4.69) is 26.0 Å². The van der Waals surface area contributed by atoms with Crippen molar-refractivity contribution in [2.24, 2.45) is 0 Å². The summed E-state index contributed by atoms with van der Waals surface area (Å²) < 4.78 is 5.27. The molecule has 14 heavy (non-hydrogen) atoms. The first-order valence-corrected chi connectivity index (χ1v) is 5.03. The molecule has 2 heteroatoms. The second kappa shape index (κ2) is 3.45. The van der Waals surface area contributed by atoms with Gasteiger partial charge in [0.2, 0.25) is 0 Å². The van der Waals surface area contributed by atoms with E-state index in [1.807, 2.05) is 0 Å². The summed E-state index contributed by atoms with van der Waals surface area (Å²) in [5.41, 5.74) is 3.58. The molecule has 0 aliphatic carbocycles. The first-order chi connectivity index (χ1) is 6.70. The number of ether oxygens (including phenoxy) is 1. The Hall–Kier alpha value is -1.31. The zero-order chi connectivity index (χ0) is 10.1. The Morgan fingerprint density at radius 1 is 1.36 bits per heavy atom. The van der Waals surface area contributed by atoms with Gasteiger partial charge in [-0.15, -0.1) is 0 Å². The summed E-state index contributed by atoms with van der Waals surface area (Å²) in [6.07, 6.45) is 2.25. The Morgan fingerprint density at radius 3 is 2.86 bits per heavy atom. The van der Waals surface area contributed by atoms with Crippen LogP contribution in [0.5, 0.6) is 5.75 Å². The van der Waals surface area contributed by atoms with Crippen LogP contribution in [0.1, 0.15) is 30.0 Å². The second-order valence-electron chi connectivity index (χ2n) is 3.74. The van der Waals surface area contributed by atoms with E-state index in [-0.39, 0.29) is 5.97 Å². The van der Waals surface area contributed by atoms with E-state index >= 15 is 0 Å². The predicted molar refractivity (Wildman–Crippen MR) is 54.5 cm³/mol. The van der Waals surface area contributed by atoms with E-state index in [1.165, 1.54) is 11.1 Å². The van der Waals surface area contributed by atoms with Crippen LogP contribution in [-0.2, 0) is 17.6 Å². The molecule has 0 saturated heterocycles. The van der Waals surface area contributed by atoms with Gasteiger partial charge in [0.05, 0.1) is 6.42 Å². The van der Waals surface area contributed by atoms with Crippen LogP contribution in [0.2, 0.25) is 0 Å². The second-order valence-corrected chi connectivity index (χ2v) is 3.74. The third kappa shape index (κ3) is 1.52. The third-order valence-electron chi connectivity index (χ3n) is 2.58. The fourth-order valence-electron chi connectivity index (χ4n) is 1.91. The molecule has 0 N–H and O–H groups in total. The van der Waals surface area contributed by atoms with Gasteiger partial charge in [-0.2, -0.15) is 0 Å². The number of fused-ring (bicyclic) bond motifs is 1. The molecule has 1 aromatic carbocycles. The largest absolute Gasteiger partial charge is 0.426 e. The highest BCUT2D eigenvalue weighted by Crippen LogP contribution is 2.31. The van der Waals surface area contributed by atoms with Gasteiger partial charge < -0.3 is 4.74 Å². The molecular formula is C12H14O2. The zero-order valence-electron chi connectivity index (χ0n) is 8.59. The predicted octanol–water partition coefficient (Wildman–Crippen LogP) is 2.41. The normalized spacial score (nSPS) is 14.9. The van der Waals surface area contributed by atoms with Gasteiger partial charge in [0.25, 0.3) is 0 Å². The van der Waals surface area contributed by atoms with Crippen molar-refractivity contribution in [2.75, 3.05) is 0 Å². The highest BCUT2D eigenvalue weighted by molar-refractivity contribution is 5.76. The molecule has 1 aliphatic heterocycles. The standard InChI is InChI=1S/C12H14O2/c1-3-9-6-8(2)7-10-4-5-11(13)14-12(9)10/h6-7H,3-5H2,1-2H3. The van der Waals surface area contributed by atoms with Crippen molar-refractivity contribution >= 4 is 5.97 Å². The van der Waals surface area contributed by atoms with Crippen LogP contribution >= 0.6 is 0 Å². The van der Waals surface area contributed by atoms with E-state index < -0.39 is 0 Å². The number of benzene rings is 1. The fourth-order valence-corrected chi connectivity index (χ4v) is 1.91. The molecule has 0 atom stereocenters. The van der Waals surface area contributed by atoms with Gasteiger partial charge in [0.15, 0.2) is 0 Å². The summed E-state index contributed by atoms with van der Waals surface area (Å²) in [6.45, 7) is 4.16. The van der Waals surface area contributed by atoms with Gasteiger partial charge in [0.1, 0.15) is 5.75 Å². The molecule has 0 spiro atoms. The van der Waals surface area contributed by atoms with Crippen LogP contribution < -0.4 is 4.74 Å². The van der Waals surface area contributed by atoms with Crippen molar-refractivity contribution in [1.82, 2.24) is 0 Å². The first kappa shape index (κ1) is 9.25. The number of carbonyl (C=O) groups excluding carboxylic acids is 1. The maximum atomic E-state index is 11.2. The van der Waals surface area contributed by atoms with Crippen molar-refractivity contribution in [3.63, 3.8) is 0 Å². The summed E-state index contributed by atoms with van der Waals surface area (Å²) in [5, 5.41) is 0. The maximum Gasteiger partial charge on any atom is 0.311 e. The van der Waals surface area contributed by atoms with Crippen LogP contribution in [0.25, 0.3) is 0 Å². The van der Waals surface area contributed by atoms with Crippen molar-refractivity contribution in [2.45, 2.75) is 33.1 Å². The number of esters is 1. The molecule has 1 aromatic rings. The van der Waals surface area contributed by atoms with Gasteiger partial charge in [-0.05, 0) is 30.9 Å². The highest BCUT2D eigenvalue weighted by Gasteiger charge is 2.19. The smallest absolute Gasteiger partial charge is 0.311 e.